The molecule has 2 aromatic heterocycles. The van der Waals surface area contributed by atoms with E-state index in [-0.39, 0.29) is 11.6 Å². The van der Waals surface area contributed by atoms with Gasteiger partial charge in [0.2, 0.25) is 0 Å². The molecular weight excluding hydrogens is 242 g/mol. The molecule has 0 spiro atoms. The van der Waals surface area contributed by atoms with Crippen LogP contribution in [0.25, 0.3) is 0 Å². The van der Waals surface area contributed by atoms with Gasteiger partial charge in [-0.3, -0.25) is 0 Å². The Balaban J connectivity index is 2.24. The van der Waals surface area contributed by atoms with E-state index in [1.165, 1.54) is 23.1 Å². The monoisotopic (exact) mass is 255 g/mol. The van der Waals surface area contributed by atoms with Crippen molar-refractivity contribution >= 4 is 10.0 Å². The van der Waals surface area contributed by atoms with E-state index in [4.69, 9.17) is 4.42 Å². The van der Waals surface area contributed by atoms with Crippen LogP contribution in [0.3, 0.4) is 0 Å². The maximum absolute atomic E-state index is 12.2. The largest absolute Gasteiger partial charge is 0.468 e. The summed E-state index contributed by atoms with van der Waals surface area (Å²) in [5.74, 6) is 0.606. The van der Waals surface area contributed by atoms with Gasteiger partial charge >= 0.3 is 0 Å². The topological polar surface area (TPSA) is 79.2 Å². The molecule has 0 radical (unpaired) electrons. The maximum Gasteiger partial charge on any atom is 0.260 e. The minimum atomic E-state index is -3.53. The van der Waals surface area contributed by atoms with Gasteiger partial charge < -0.3 is 9.40 Å². The van der Waals surface area contributed by atoms with Gasteiger partial charge in [-0.1, -0.05) is 6.92 Å². The molecule has 0 saturated carbocycles. The molecule has 0 aliphatic carbocycles. The van der Waals surface area contributed by atoms with Crippen molar-refractivity contribution in [3.05, 3.63) is 36.7 Å². The van der Waals surface area contributed by atoms with Gasteiger partial charge in [-0.25, -0.2) is 13.4 Å². The molecule has 2 rings (SSSR count). The molecule has 2 heterocycles. The standard InChI is InChI=1S/C10H13N3O3S/c1-2-13(7-9-4-3-5-16-9)17(14,15)10-6-11-8-12-10/h3-6,8H,2,7H2,1H3,(H,11,12). The summed E-state index contributed by atoms with van der Waals surface area (Å²) in [7, 11) is -3.53. The second-order valence-corrected chi connectivity index (χ2v) is 5.33. The molecular formula is C10H13N3O3S. The van der Waals surface area contributed by atoms with E-state index in [9.17, 15) is 8.42 Å². The number of sulfonamides is 1. The fraction of sp³-hybridized carbons (Fsp3) is 0.300. The summed E-state index contributed by atoms with van der Waals surface area (Å²) in [6.45, 7) is 2.35. The van der Waals surface area contributed by atoms with Crippen LogP contribution in [0.15, 0.2) is 40.4 Å². The fourth-order valence-electron chi connectivity index (χ4n) is 1.47. The third-order valence-electron chi connectivity index (χ3n) is 2.36. The Hall–Kier alpha value is -1.60. The van der Waals surface area contributed by atoms with Crippen LogP contribution in [0.2, 0.25) is 0 Å². The first-order valence-electron chi connectivity index (χ1n) is 5.15. The zero-order valence-corrected chi connectivity index (χ0v) is 10.1. The van der Waals surface area contributed by atoms with Gasteiger partial charge in [0.1, 0.15) is 5.76 Å². The summed E-state index contributed by atoms with van der Waals surface area (Å²) in [5.41, 5.74) is 0. The van der Waals surface area contributed by atoms with Gasteiger partial charge in [0.25, 0.3) is 10.0 Å². The Morgan fingerprint density at radius 2 is 2.35 bits per heavy atom. The highest BCUT2D eigenvalue weighted by Crippen LogP contribution is 2.15. The maximum atomic E-state index is 12.2. The van der Waals surface area contributed by atoms with E-state index in [0.717, 1.165) is 0 Å². The number of imidazole rings is 1. The number of nitrogens with one attached hydrogen (secondary N) is 1. The molecule has 92 valence electrons. The van der Waals surface area contributed by atoms with E-state index >= 15 is 0 Å². The van der Waals surface area contributed by atoms with E-state index in [0.29, 0.717) is 12.3 Å². The predicted octanol–water partition coefficient (Wildman–Crippen LogP) is 1.21. The van der Waals surface area contributed by atoms with Gasteiger partial charge in [-0.15, -0.1) is 0 Å². The van der Waals surface area contributed by atoms with Crippen LogP contribution in [-0.2, 0) is 16.6 Å². The molecule has 0 atom stereocenters. The van der Waals surface area contributed by atoms with Crippen LogP contribution in [-0.4, -0.2) is 29.2 Å². The average Bonchev–Trinajstić information content (AvgIpc) is 2.98. The quantitative estimate of drug-likeness (QED) is 0.871. The van der Waals surface area contributed by atoms with Crippen LogP contribution in [0.5, 0.6) is 0 Å². The van der Waals surface area contributed by atoms with Crippen LogP contribution in [0.4, 0.5) is 0 Å². The molecule has 6 nitrogen and oxygen atoms in total. The number of aromatic nitrogens is 2. The van der Waals surface area contributed by atoms with Gasteiger partial charge in [0.15, 0.2) is 5.03 Å². The van der Waals surface area contributed by atoms with Gasteiger partial charge in [0.05, 0.1) is 25.3 Å². The summed E-state index contributed by atoms with van der Waals surface area (Å²) in [6, 6.07) is 3.47. The SMILES string of the molecule is CCN(Cc1ccco1)S(=O)(=O)c1cnc[nH]1. The lowest BCUT2D eigenvalue weighted by Crippen LogP contribution is -2.30. The van der Waals surface area contributed by atoms with Crippen molar-refractivity contribution in [2.45, 2.75) is 18.5 Å². The summed E-state index contributed by atoms with van der Waals surface area (Å²) in [5, 5.41) is 0.0888. The number of hydrogen-bond donors (Lipinski definition) is 1. The van der Waals surface area contributed by atoms with Crippen molar-refractivity contribution in [1.82, 2.24) is 14.3 Å². The van der Waals surface area contributed by atoms with E-state index < -0.39 is 10.0 Å². The number of aromatic amines is 1. The lowest BCUT2D eigenvalue weighted by atomic mass is 10.4. The van der Waals surface area contributed by atoms with Crippen LogP contribution in [0, 0.1) is 0 Å². The second kappa shape index (κ2) is 4.72. The Morgan fingerprint density at radius 1 is 1.53 bits per heavy atom. The smallest absolute Gasteiger partial charge is 0.260 e. The average molecular weight is 255 g/mol. The van der Waals surface area contributed by atoms with Crippen LogP contribution >= 0.6 is 0 Å². The fourth-order valence-corrected chi connectivity index (χ4v) is 2.78. The lowest BCUT2D eigenvalue weighted by molar-refractivity contribution is 0.374. The summed E-state index contributed by atoms with van der Waals surface area (Å²) in [4.78, 5) is 6.32. The Kier molecular flexibility index (Phi) is 3.30. The normalized spacial score (nSPS) is 12.1. The van der Waals surface area contributed by atoms with Crippen molar-refractivity contribution < 1.29 is 12.8 Å². The first-order chi connectivity index (χ1) is 8.14. The summed E-state index contributed by atoms with van der Waals surface area (Å²) < 4.78 is 30.8. The van der Waals surface area contributed by atoms with Crippen molar-refractivity contribution in [2.75, 3.05) is 6.54 Å². The van der Waals surface area contributed by atoms with Crippen molar-refractivity contribution in [3.63, 3.8) is 0 Å². The second-order valence-electron chi connectivity index (χ2n) is 3.43. The number of H-pyrrole nitrogens is 1. The van der Waals surface area contributed by atoms with E-state index in [1.54, 1.807) is 19.1 Å². The lowest BCUT2D eigenvalue weighted by Gasteiger charge is -2.17. The Morgan fingerprint density at radius 3 is 2.88 bits per heavy atom. The number of nitrogens with zero attached hydrogens (tertiary/aromatic N) is 2. The van der Waals surface area contributed by atoms with E-state index in [2.05, 4.69) is 9.97 Å². The molecule has 0 aliphatic rings. The number of furan rings is 1. The molecule has 0 fully saturated rings. The molecule has 1 N–H and O–H groups in total. The molecule has 0 aliphatic heterocycles. The zero-order valence-electron chi connectivity index (χ0n) is 9.33. The van der Waals surface area contributed by atoms with Crippen molar-refractivity contribution in [3.8, 4) is 0 Å². The molecule has 0 saturated heterocycles. The highest BCUT2D eigenvalue weighted by atomic mass is 32.2. The third-order valence-corrected chi connectivity index (χ3v) is 4.20. The number of hydrogen-bond acceptors (Lipinski definition) is 4. The third kappa shape index (κ3) is 2.40. The minimum absolute atomic E-state index is 0.0888. The molecule has 0 aromatic carbocycles. The van der Waals surface area contributed by atoms with Crippen molar-refractivity contribution in [1.29, 1.82) is 0 Å². The Bertz CT molecular complexity index is 546. The first-order valence-corrected chi connectivity index (χ1v) is 6.59. The van der Waals surface area contributed by atoms with Crippen molar-refractivity contribution in [2.24, 2.45) is 0 Å². The summed E-state index contributed by atoms with van der Waals surface area (Å²) in [6.07, 6.45) is 4.15. The number of rotatable bonds is 5. The molecule has 0 unspecified atom stereocenters. The highest BCUT2D eigenvalue weighted by molar-refractivity contribution is 7.89. The van der Waals surface area contributed by atoms with Crippen LogP contribution in [0.1, 0.15) is 12.7 Å². The first kappa shape index (κ1) is 11.9. The molecule has 0 amide bonds. The molecule has 7 heteroatoms. The highest BCUT2D eigenvalue weighted by Gasteiger charge is 2.25. The Labute approximate surface area is 99.3 Å². The molecule has 2 aromatic rings. The van der Waals surface area contributed by atoms with Gasteiger partial charge in [-0.05, 0) is 12.1 Å². The minimum Gasteiger partial charge on any atom is -0.468 e. The zero-order chi connectivity index (χ0) is 12.3. The van der Waals surface area contributed by atoms with E-state index in [1.807, 2.05) is 0 Å². The van der Waals surface area contributed by atoms with Gasteiger partial charge in [0, 0.05) is 6.54 Å². The molecule has 0 bridgehead atoms. The molecule has 17 heavy (non-hydrogen) atoms. The van der Waals surface area contributed by atoms with Crippen LogP contribution < -0.4 is 0 Å². The summed E-state index contributed by atoms with van der Waals surface area (Å²) >= 11 is 0. The predicted molar refractivity (Wildman–Crippen MR) is 60.6 cm³/mol. The van der Waals surface area contributed by atoms with Gasteiger partial charge in [-0.2, -0.15) is 4.31 Å².